The number of benzene rings is 1. The van der Waals surface area contributed by atoms with E-state index in [4.69, 9.17) is 10.2 Å². The molecule has 3 nitrogen and oxygen atoms in total. The molecule has 4 heteroatoms. The van der Waals surface area contributed by atoms with Crippen LogP contribution in [0.3, 0.4) is 0 Å². The average molecular weight is 210 g/mol. The number of thiocarbonyl (C=S) groups is 1. The van der Waals surface area contributed by atoms with E-state index in [9.17, 15) is 4.79 Å². The molecule has 0 atom stereocenters. The lowest BCUT2D eigenvalue weighted by Gasteiger charge is -1.99. The van der Waals surface area contributed by atoms with Crippen molar-refractivity contribution < 1.29 is 15.0 Å². The van der Waals surface area contributed by atoms with Crippen LogP contribution in [0.5, 0.6) is 5.75 Å². The molecule has 0 amide bonds. The minimum absolute atomic E-state index is 0.0871. The van der Waals surface area contributed by atoms with E-state index in [1.54, 1.807) is 12.1 Å². The third-order valence-corrected chi connectivity index (χ3v) is 1.83. The number of aliphatic hydroxyl groups excluding tert-OH is 1. The number of ketones is 1. The Hall–Kier alpha value is -1.42. The molecule has 0 saturated carbocycles. The van der Waals surface area contributed by atoms with Crippen molar-refractivity contribution in [3.63, 3.8) is 0 Å². The molecule has 0 radical (unpaired) electrons. The highest BCUT2D eigenvalue weighted by atomic mass is 32.1. The highest BCUT2D eigenvalue weighted by Crippen LogP contribution is 2.10. The summed E-state index contributed by atoms with van der Waals surface area (Å²) < 4.78 is 0. The minimum atomic E-state index is -0.284. The first-order chi connectivity index (χ1) is 6.58. The van der Waals surface area contributed by atoms with Crippen LogP contribution in [-0.2, 0) is 11.2 Å². The molecular formula is C10H10O3S. The fourth-order valence-electron chi connectivity index (χ4n) is 1.07. The van der Waals surface area contributed by atoms with Gasteiger partial charge in [-0.2, -0.15) is 0 Å². The summed E-state index contributed by atoms with van der Waals surface area (Å²) in [6.45, 7) is 0. The number of aromatic hydroxyl groups is 1. The standard InChI is InChI=1S/C10H10O3S/c11-8-3-1-7(2-4-8)5-9(12)6-10(13)14/h1-4,11H,5-6H2,(H,13,14). The largest absolute Gasteiger partial charge is 0.508 e. The number of carbonyl (C=O) groups excluding carboxylic acids is 1. The molecule has 0 fully saturated rings. The molecule has 74 valence electrons. The Morgan fingerprint density at radius 3 is 2.36 bits per heavy atom. The molecule has 14 heavy (non-hydrogen) atoms. The number of carbonyl (C=O) groups is 1. The molecule has 1 aromatic carbocycles. The summed E-state index contributed by atoms with van der Waals surface area (Å²) in [4.78, 5) is 11.2. The molecule has 0 aromatic heterocycles. The summed E-state index contributed by atoms with van der Waals surface area (Å²) in [5.41, 5.74) is 0.795. The molecule has 0 bridgehead atoms. The summed E-state index contributed by atoms with van der Waals surface area (Å²) in [5, 5.41) is 17.4. The summed E-state index contributed by atoms with van der Waals surface area (Å²) in [6, 6.07) is 6.35. The lowest BCUT2D eigenvalue weighted by Crippen LogP contribution is -2.07. The maximum absolute atomic E-state index is 11.2. The highest BCUT2D eigenvalue weighted by Gasteiger charge is 2.05. The SMILES string of the molecule is O=C(CC(O)=S)Cc1ccc(O)cc1. The van der Waals surface area contributed by atoms with Crippen LogP contribution in [0.25, 0.3) is 0 Å². The third-order valence-electron chi connectivity index (χ3n) is 1.69. The molecule has 1 aromatic rings. The summed E-state index contributed by atoms with van der Waals surface area (Å²) in [6.07, 6.45) is 0.136. The van der Waals surface area contributed by atoms with Crippen molar-refractivity contribution in [3.05, 3.63) is 29.8 Å². The Balaban J connectivity index is 2.56. The second-order valence-corrected chi connectivity index (χ2v) is 3.42. The molecule has 0 spiro atoms. The smallest absolute Gasteiger partial charge is 0.164 e. The number of hydrogen-bond acceptors (Lipinski definition) is 3. The summed E-state index contributed by atoms with van der Waals surface area (Å²) in [5.74, 6) is 0.0297. The Morgan fingerprint density at radius 1 is 1.29 bits per heavy atom. The van der Waals surface area contributed by atoms with Gasteiger partial charge in [0.25, 0.3) is 0 Å². The number of phenolic OH excluding ortho intramolecular Hbond substituents is 1. The van der Waals surface area contributed by atoms with Crippen molar-refractivity contribution in [3.8, 4) is 5.75 Å². The zero-order chi connectivity index (χ0) is 10.6. The van der Waals surface area contributed by atoms with Gasteiger partial charge in [0.2, 0.25) is 0 Å². The Kier molecular flexibility index (Phi) is 3.59. The van der Waals surface area contributed by atoms with E-state index >= 15 is 0 Å². The van der Waals surface area contributed by atoms with Gasteiger partial charge in [0.15, 0.2) is 5.05 Å². The van der Waals surface area contributed by atoms with Gasteiger partial charge in [-0.15, -0.1) is 0 Å². The van der Waals surface area contributed by atoms with Gasteiger partial charge < -0.3 is 10.2 Å². The van der Waals surface area contributed by atoms with Crippen LogP contribution in [0, 0.1) is 0 Å². The van der Waals surface area contributed by atoms with Crippen molar-refractivity contribution in [1.29, 1.82) is 0 Å². The molecule has 2 N–H and O–H groups in total. The van der Waals surface area contributed by atoms with Gasteiger partial charge in [-0.05, 0) is 29.9 Å². The van der Waals surface area contributed by atoms with Crippen LogP contribution in [0.1, 0.15) is 12.0 Å². The zero-order valence-corrected chi connectivity index (χ0v) is 8.25. The Labute approximate surface area is 87.0 Å². The lowest BCUT2D eigenvalue weighted by atomic mass is 10.1. The van der Waals surface area contributed by atoms with Crippen molar-refractivity contribution in [2.24, 2.45) is 0 Å². The van der Waals surface area contributed by atoms with Crippen molar-refractivity contribution in [2.75, 3.05) is 0 Å². The predicted molar refractivity (Wildman–Crippen MR) is 56.7 cm³/mol. The highest BCUT2D eigenvalue weighted by molar-refractivity contribution is 7.80. The van der Waals surface area contributed by atoms with Gasteiger partial charge in [0.05, 0.1) is 6.42 Å². The quantitative estimate of drug-likeness (QED) is 0.744. The monoisotopic (exact) mass is 210 g/mol. The molecule has 0 aliphatic heterocycles. The normalized spacial score (nSPS) is 9.71. The van der Waals surface area contributed by atoms with E-state index in [0.29, 0.717) is 0 Å². The van der Waals surface area contributed by atoms with Gasteiger partial charge in [-0.25, -0.2) is 0 Å². The van der Waals surface area contributed by atoms with E-state index in [0.717, 1.165) is 5.56 Å². The van der Waals surface area contributed by atoms with Gasteiger partial charge in [-0.3, -0.25) is 4.79 Å². The number of rotatable bonds is 4. The third kappa shape index (κ3) is 3.53. The van der Waals surface area contributed by atoms with Gasteiger partial charge in [-0.1, -0.05) is 12.1 Å². The van der Waals surface area contributed by atoms with E-state index < -0.39 is 0 Å². The Bertz CT molecular complexity index is 343. The zero-order valence-electron chi connectivity index (χ0n) is 7.43. The first kappa shape index (κ1) is 10.7. The molecular weight excluding hydrogens is 200 g/mol. The summed E-state index contributed by atoms with van der Waals surface area (Å²) in [7, 11) is 0. The first-order valence-electron chi connectivity index (χ1n) is 4.09. The second-order valence-electron chi connectivity index (χ2n) is 2.95. The minimum Gasteiger partial charge on any atom is -0.508 e. The number of aliphatic hydroxyl groups is 1. The van der Waals surface area contributed by atoms with Crippen LogP contribution in [0.2, 0.25) is 0 Å². The molecule has 0 heterocycles. The van der Waals surface area contributed by atoms with Gasteiger partial charge in [0.1, 0.15) is 11.5 Å². The van der Waals surface area contributed by atoms with Gasteiger partial charge in [0, 0.05) is 6.42 Å². The topological polar surface area (TPSA) is 57.5 Å². The second kappa shape index (κ2) is 4.72. The van der Waals surface area contributed by atoms with E-state index in [-0.39, 0.29) is 29.4 Å². The molecule has 0 aliphatic rings. The van der Waals surface area contributed by atoms with Crippen LogP contribution >= 0.6 is 12.2 Å². The predicted octanol–water partition coefficient (Wildman–Crippen LogP) is 1.78. The maximum Gasteiger partial charge on any atom is 0.164 e. The van der Waals surface area contributed by atoms with Crippen LogP contribution < -0.4 is 0 Å². The first-order valence-corrected chi connectivity index (χ1v) is 4.50. The number of phenols is 1. The van der Waals surface area contributed by atoms with Crippen molar-refractivity contribution in [1.82, 2.24) is 0 Å². The fraction of sp³-hybridized carbons (Fsp3) is 0.200. The number of Topliss-reactive ketones (excluding diaryl/α,β-unsaturated/α-hetero) is 1. The number of hydrogen-bond donors (Lipinski definition) is 2. The molecule has 0 unspecified atom stereocenters. The Morgan fingerprint density at radius 2 is 1.86 bits per heavy atom. The van der Waals surface area contributed by atoms with Crippen molar-refractivity contribution in [2.45, 2.75) is 12.8 Å². The fourth-order valence-corrected chi connectivity index (χ4v) is 1.23. The van der Waals surface area contributed by atoms with Crippen LogP contribution in [0.4, 0.5) is 0 Å². The average Bonchev–Trinajstić information content (AvgIpc) is 2.07. The van der Waals surface area contributed by atoms with Crippen LogP contribution in [0.15, 0.2) is 24.3 Å². The maximum atomic E-state index is 11.2. The van der Waals surface area contributed by atoms with E-state index in [1.807, 2.05) is 0 Å². The van der Waals surface area contributed by atoms with Gasteiger partial charge >= 0.3 is 0 Å². The molecule has 0 saturated heterocycles. The molecule has 0 aliphatic carbocycles. The summed E-state index contributed by atoms with van der Waals surface area (Å²) >= 11 is 4.40. The van der Waals surface area contributed by atoms with Crippen molar-refractivity contribution >= 4 is 23.1 Å². The van der Waals surface area contributed by atoms with Crippen LogP contribution in [-0.4, -0.2) is 21.0 Å². The van der Waals surface area contributed by atoms with E-state index in [1.165, 1.54) is 12.1 Å². The molecule has 1 rings (SSSR count). The lowest BCUT2D eigenvalue weighted by molar-refractivity contribution is -0.117. The van der Waals surface area contributed by atoms with E-state index in [2.05, 4.69) is 12.2 Å².